The maximum absolute atomic E-state index is 10.7. The number of hydrazone groups is 1. The van der Waals surface area contributed by atoms with Crippen molar-refractivity contribution in [2.45, 2.75) is 0 Å². The molecule has 0 fully saturated rings. The molecular formula is C21H15ClN4O2. The van der Waals surface area contributed by atoms with Crippen molar-refractivity contribution in [3.63, 3.8) is 0 Å². The number of halogens is 1. The van der Waals surface area contributed by atoms with E-state index in [1.54, 1.807) is 18.3 Å². The van der Waals surface area contributed by atoms with Crippen LogP contribution in [0.15, 0.2) is 84.0 Å². The molecule has 0 aliphatic heterocycles. The molecule has 138 valence electrons. The summed E-state index contributed by atoms with van der Waals surface area (Å²) in [7, 11) is 0. The minimum atomic E-state index is -0.439. The Morgan fingerprint density at radius 2 is 1.64 bits per heavy atom. The van der Waals surface area contributed by atoms with Crippen LogP contribution in [0.5, 0.6) is 0 Å². The molecular weight excluding hydrogens is 376 g/mol. The molecule has 3 aromatic carbocycles. The van der Waals surface area contributed by atoms with Gasteiger partial charge < -0.3 is 0 Å². The fourth-order valence-corrected chi connectivity index (χ4v) is 3.35. The Morgan fingerprint density at radius 3 is 2.36 bits per heavy atom. The number of hydrogen-bond acceptors (Lipinski definition) is 4. The van der Waals surface area contributed by atoms with Crippen LogP contribution < -0.4 is 5.43 Å². The predicted octanol–water partition coefficient (Wildman–Crippen LogP) is 5.64. The van der Waals surface area contributed by atoms with Crippen molar-refractivity contribution in [1.82, 2.24) is 4.57 Å². The van der Waals surface area contributed by atoms with E-state index in [1.807, 2.05) is 59.2 Å². The number of nitrogens with one attached hydrogen (secondary N) is 1. The van der Waals surface area contributed by atoms with Crippen molar-refractivity contribution in [3.05, 3.63) is 99.7 Å². The summed E-state index contributed by atoms with van der Waals surface area (Å²) in [5.41, 5.74) is 6.29. The fraction of sp³-hybridized carbons (Fsp3) is 0. The number of nitro benzene ring substituents is 1. The average Bonchev–Trinajstić information content (AvgIpc) is 3.01. The van der Waals surface area contributed by atoms with Crippen LogP contribution in [-0.4, -0.2) is 15.7 Å². The van der Waals surface area contributed by atoms with Crippen molar-refractivity contribution in [3.8, 4) is 5.69 Å². The van der Waals surface area contributed by atoms with Gasteiger partial charge in [-0.25, -0.2) is 0 Å². The van der Waals surface area contributed by atoms with Gasteiger partial charge in [-0.05, 0) is 30.3 Å². The molecule has 0 aliphatic rings. The zero-order valence-corrected chi connectivity index (χ0v) is 15.4. The van der Waals surface area contributed by atoms with E-state index in [1.165, 1.54) is 12.1 Å². The molecule has 0 aliphatic carbocycles. The van der Waals surface area contributed by atoms with Crippen LogP contribution in [0.4, 0.5) is 11.4 Å². The third kappa shape index (κ3) is 3.33. The number of non-ortho nitro benzene ring substituents is 1. The Labute approximate surface area is 165 Å². The van der Waals surface area contributed by atoms with Crippen molar-refractivity contribution >= 4 is 40.1 Å². The van der Waals surface area contributed by atoms with Crippen LogP contribution in [0, 0.1) is 10.1 Å². The van der Waals surface area contributed by atoms with Gasteiger partial charge in [0.15, 0.2) is 0 Å². The molecule has 0 radical (unpaired) electrons. The Bertz CT molecular complexity index is 1170. The molecule has 4 aromatic rings. The first-order valence-corrected chi connectivity index (χ1v) is 8.91. The van der Waals surface area contributed by atoms with Crippen molar-refractivity contribution in [1.29, 1.82) is 0 Å². The van der Waals surface area contributed by atoms with Gasteiger partial charge in [-0.2, -0.15) is 5.10 Å². The molecule has 0 atom stereocenters. The highest BCUT2D eigenvalue weighted by atomic mass is 35.5. The van der Waals surface area contributed by atoms with E-state index in [0.717, 1.165) is 22.2 Å². The first kappa shape index (κ1) is 17.8. The van der Waals surface area contributed by atoms with Crippen molar-refractivity contribution in [2.24, 2.45) is 5.10 Å². The van der Waals surface area contributed by atoms with Gasteiger partial charge in [0.1, 0.15) is 5.15 Å². The van der Waals surface area contributed by atoms with Crippen LogP contribution in [0.2, 0.25) is 5.15 Å². The molecule has 0 saturated heterocycles. The minimum Gasteiger partial charge on any atom is -0.300 e. The summed E-state index contributed by atoms with van der Waals surface area (Å²) in [5, 5.41) is 16.5. The fourth-order valence-electron chi connectivity index (χ4n) is 3.02. The number of nitrogens with zero attached hydrogens (tertiary/aromatic N) is 3. The Hall–Kier alpha value is -3.64. The minimum absolute atomic E-state index is 0.0310. The van der Waals surface area contributed by atoms with Crippen LogP contribution in [0.25, 0.3) is 16.6 Å². The molecule has 0 saturated carbocycles. The molecule has 1 heterocycles. The maximum Gasteiger partial charge on any atom is 0.269 e. The van der Waals surface area contributed by atoms with Crippen molar-refractivity contribution in [2.75, 3.05) is 5.43 Å². The topological polar surface area (TPSA) is 72.5 Å². The van der Waals surface area contributed by atoms with Gasteiger partial charge in [0.25, 0.3) is 5.69 Å². The molecule has 1 N–H and O–H groups in total. The maximum atomic E-state index is 10.7. The summed E-state index contributed by atoms with van der Waals surface area (Å²) in [4.78, 5) is 10.3. The van der Waals surface area contributed by atoms with Gasteiger partial charge in [-0.1, -0.05) is 48.0 Å². The Morgan fingerprint density at radius 1 is 0.964 bits per heavy atom. The summed E-state index contributed by atoms with van der Waals surface area (Å²) in [6.45, 7) is 0. The molecule has 4 rings (SSSR count). The van der Waals surface area contributed by atoms with Gasteiger partial charge in [-0.3, -0.25) is 20.1 Å². The number of benzene rings is 3. The van der Waals surface area contributed by atoms with Crippen LogP contribution in [-0.2, 0) is 0 Å². The van der Waals surface area contributed by atoms with Gasteiger partial charge in [0.05, 0.1) is 22.3 Å². The molecule has 7 heteroatoms. The lowest BCUT2D eigenvalue weighted by Crippen LogP contribution is -1.94. The van der Waals surface area contributed by atoms with E-state index in [4.69, 9.17) is 11.6 Å². The second kappa shape index (κ2) is 7.54. The number of para-hydroxylation sites is 2. The number of hydrogen-bond donors (Lipinski definition) is 1. The Kier molecular flexibility index (Phi) is 4.78. The van der Waals surface area contributed by atoms with E-state index >= 15 is 0 Å². The predicted molar refractivity (Wildman–Crippen MR) is 113 cm³/mol. The smallest absolute Gasteiger partial charge is 0.269 e. The third-order valence-electron chi connectivity index (χ3n) is 4.33. The van der Waals surface area contributed by atoms with Crippen LogP contribution in [0.3, 0.4) is 0 Å². The summed E-state index contributed by atoms with van der Waals surface area (Å²) < 4.78 is 1.98. The monoisotopic (exact) mass is 390 g/mol. The zero-order chi connectivity index (χ0) is 19.5. The molecule has 0 unspecified atom stereocenters. The second-order valence-corrected chi connectivity index (χ2v) is 6.42. The SMILES string of the molecule is O=[N+]([O-])c1ccc(N/N=C/c2c(Cl)n(-c3ccccc3)c3ccccc23)cc1. The molecule has 0 bridgehead atoms. The number of fused-ring (bicyclic) bond motifs is 1. The van der Waals surface area contributed by atoms with Gasteiger partial charge >= 0.3 is 0 Å². The first-order valence-electron chi connectivity index (χ1n) is 8.53. The average molecular weight is 391 g/mol. The summed E-state index contributed by atoms with van der Waals surface area (Å²) in [6, 6.07) is 23.8. The van der Waals surface area contributed by atoms with Gasteiger partial charge in [0.2, 0.25) is 0 Å². The van der Waals surface area contributed by atoms with E-state index in [9.17, 15) is 10.1 Å². The highest BCUT2D eigenvalue weighted by Crippen LogP contribution is 2.32. The highest BCUT2D eigenvalue weighted by molar-refractivity contribution is 6.34. The molecule has 1 aromatic heterocycles. The van der Waals surface area contributed by atoms with Crippen molar-refractivity contribution < 1.29 is 4.92 Å². The van der Waals surface area contributed by atoms with Gasteiger partial charge in [-0.15, -0.1) is 0 Å². The van der Waals surface area contributed by atoms with E-state index < -0.39 is 4.92 Å². The first-order chi connectivity index (χ1) is 13.6. The largest absolute Gasteiger partial charge is 0.300 e. The normalized spacial score (nSPS) is 11.2. The standard InChI is InChI=1S/C21H15ClN4O2/c22-21-19(14-23-24-15-10-12-17(13-11-15)26(27)28)18-8-4-5-9-20(18)25(21)16-6-2-1-3-7-16/h1-14,24H/b23-14+. The lowest BCUT2D eigenvalue weighted by Gasteiger charge is -2.06. The van der Waals surface area contributed by atoms with Gasteiger partial charge in [0, 0.05) is 28.8 Å². The third-order valence-corrected chi connectivity index (χ3v) is 4.71. The molecule has 28 heavy (non-hydrogen) atoms. The summed E-state index contributed by atoms with van der Waals surface area (Å²) >= 11 is 6.69. The number of anilines is 1. The van der Waals surface area contributed by atoms with Crippen LogP contribution in [0.1, 0.15) is 5.56 Å². The van der Waals surface area contributed by atoms with Crippen LogP contribution >= 0.6 is 11.6 Å². The quantitative estimate of drug-likeness (QED) is 0.272. The van der Waals surface area contributed by atoms with E-state index in [-0.39, 0.29) is 5.69 Å². The number of nitro groups is 1. The Balaban J connectivity index is 1.68. The number of aromatic nitrogens is 1. The van der Waals surface area contributed by atoms with E-state index in [2.05, 4.69) is 10.5 Å². The second-order valence-electron chi connectivity index (χ2n) is 6.07. The lowest BCUT2D eigenvalue weighted by atomic mass is 10.2. The molecule has 6 nitrogen and oxygen atoms in total. The summed E-state index contributed by atoms with van der Waals surface area (Å²) in [5.74, 6) is 0. The molecule has 0 amide bonds. The zero-order valence-electron chi connectivity index (χ0n) is 14.6. The summed E-state index contributed by atoms with van der Waals surface area (Å²) in [6.07, 6.45) is 1.66. The number of rotatable bonds is 5. The highest BCUT2D eigenvalue weighted by Gasteiger charge is 2.15. The lowest BCUT2D eigenvalue weighted by molar-refractivity contribution is -0.384. The molecule has 0 spiro atoms. The van der Waals surface area contributed by atoms with E-state index in [0.29, 0.717) is 10.8 Å².